The van der Waals surface area contributed by atoms with Gasteiger partial charge in [0, 0.05) is 0 Å². The zero-order valence-corrected chi connectivity index (χ0v) is 18.8. The molecule has 0 fully saturated rings. The summed E-state index contributed by atoms with van der Waals surface area (Å²) in [6, 6.07) is 0. The van der Waals surface area contributed by atoms with Gasteiger partial charge in [-0.25, -0.2) is 0 Å². The fourth-order valence-corrected chi connectivity index (χ4v) is 0.267. The van der Waals surface area contributed by atoms with Gasteiger partial charge in [0.25, 0.3) is 0 Å². The predicted octanol–water partition coefficient (Wildman–Crippen LogP) is 2.00. The molecule has 0 aliphatic carbocycles. The molecule has 0 bridgehead atoms. The second kappa shape index (κ2) is 16.6. The molecule has 0 aromatic rings. The van der Waals surface area contributed by atoms with Crippen molar-refractivity contribution < 1.29 is 0 Å². The van der Waals surface area contributed by atoms with Crippen molar-refractivity contribution in [3.05, 3.63) is 0 Å². The molecule has 0 amide bonds. The van der Waals surface area contributed by atoms with Crippen LogP contribution in [0.2, 0.25) is 29.6 Å². The zero-order valence-electron chi connectivity index (χ0n) is 13.0. The van der Waals surface area contributed by atoms with Crippen LogP contribution in [0.25, 0.3) is 0 Å². The third-order valence-corrected chi connectivity index (χ3v) is 0.663. The van der Waals surface area contributed by atoms with E-state index in [9.17, 15) is 0 Å². The van der Waals surface area contributed by atoms with Crippen molar-refractivity contribution in [3.63, 3.8) is 0 Å². The van der Waals surface area contributed by atoms with E-state index in [0.29, 0.717) is 0 Å². The summed E-state index contributed by atoms with van der Waals surface area (Å²) in [4.78, 5) is 18.2. The van der Waals surface area contributed by atoms with Crippen molar-refractivity contribution in [2.24, 2.45) is 0 Å². The third kappa shape index (κ3) is 76.0. The Bertz CT molecular complexity index is 104. The van der Waals surface area contributed by atoms with Crippen molar-refractivity contribution in [1.29, 1.82) is 0 Å². The summed E-state index contributed by atoms with van der Waals surface area (Å²) in [5.74, 6) is 0. The Morgan fingerprint density at radius 3 is 0.750 bits per heavy atom. The number of rotatable bonds is 3. The molecule has 94 valence electrons. The Kier molecular flexibility index (Phi) is 23.7. The van der Waals surface area contributed by atoms with Crippen LogP contribution in [0, 0.1) is 0 Å². The van der Waals surface area contributed by atoms with E-state index in [1.807, 2.05) is 52.4 Å². The van der Waals surface area contributed by atoms with Crippen LogP contribution in [-0.4, -0.2) is 91.9 Å². The Labute approximate surface area is 121 Å². The van der Waals surface area contributed by atoms with Gasteiger partial charge < -0.3 is 9.62 Å². The first-order valence-corrected chi connectivity index (χ1v) is 22.8. The maximum atomic E-state index is 2.36. The first kappa shape index (κ1) is 22.8. The van der Waals surface area contributed by atoms with Crippen LogP contribution in [0.5, 0.6) is 0 Å². The van der Waals surface area contributed by atoms with Crippen molar-refractivity contribution in [3.8, 4) is 0 Å². The van der Waals surface area contributed by atoms with Gasteiger partial charge in [-0.3, -0.25) is 0 Å². The van der Waals surface area contributed by atoms with Gasteiger partial charge in [0.1, 0.15) is 0 Å². The molecule has 0 rings (SSSR count). The summed E-state index contributed by atoms with van der Waals surface area (Å²) < 4.78 is 0. The summed E-state index contributed by atoms with van der Waals surface area (Å²) in [6.45, 7) is 0. The van der Waals surface area contributed by atoms with Gasteiger partial charge in [0.05, 0.1) is 0 Å². The van der Waals surface area contributed by atoms with Gasteiger partial charge in [0.15, 0.2) is 14.6 Å². The first-order valence-electron chi connectivity index (χ1n) is 5.64. The summed E-state index contributed by atoms with van der Waals surface area (Å²) in [7, 11) is 12.0. The molecule has 0 aliphatic heterocycles. The number of hydrogen-bond donors (Lipinski definition) is 0. The monoisotopic (exact) mass is 440 g/mol. The SMILES string of the molecule is CN(C)[B][B]N(C)C.[CH3][Sn]([CH3])[CH3].[CH3][Sn]([CH3])[CH3]. The average molecular weight is 437 g/mol. The molecule has 0 aromatic heterocycles. The van der Waals surface area contributed by atoms with E-state index in [2.05, 4.69) is 29.6 Å². The minimum absolute atomic E-state index is 0.543. The van der Waals surface area contributed by atoms with E-state index in [1.54, 1.807) is 0 Å². The molecule has 16 heavy (non-hydrogen) atoms. The minimum atomic E-state index is -0.543. The molecule has 2 nitrogen and oxygen atoms in total. The molecule has 0 heterocycles. The maximum absolute atomic E-state index is 2.36. The Hall–Kier alpha value is 1.65. The molecule has 0 aromatic carbocycles. The molecule has 4 radical (unpaired) electrons. The summed E-state index contributed by atoms with van der Waals surface area (Å²) in [6.07, 6.45) is 0. The van der Waals surface area contributed by atoms with E-state index in [1.165, 1.54) is 0 Å². The van der Waals surface area contributed by atoms with Crippen LogP contribution in [0.3, 0.4) is 0 Å². The Morgan fingerprint density at radius 2 is 0.688 bits per heavy atom. The van der Waals surface area contributed by atoms with Crippen molar-refractivity contribution >= 4 is 54.1 Å². The van der Waals surface area contributed by atoms with Crippen LogP contribution in [0.1, 0.15) is 0 Å². The van der Waals surface area contributed by atoms with Crippen LogP contribution in [0.4, 0.5) is 0 Å². The van der Waals surface area contributed by atoms with E-state index >= 15 is 0 Å². The molecule has 0 N–H and O–H groups in total. The quantitative estimate of drug-likeness (QED) is 0.624. The van der Waals surface area contributed by atoms with Crippen LogP contribution >= 0.6 is 0 Å². The average Bonchev–Trinajstić information content (AvgIpc) is 1.98. The molecule has 0 unspecified atom stereocenters. The van der Waals surface area contributed by atoms with Gasteiger partial charge in [-0.2, -0.15) is 0 Å². The van der Waals surface area contributed by atoms with E-state index < -0.39 is 39.5 Å². The van der Waals surface area contributed by atoms with Crippen LogP contribution in [0.15, 0.2) is 0 Å². The van der Waals surface area contributed by atoms with E-state index in [4.69, 9.17) is 0 Å². The van der Waals surface area contributed by atoms with Crippen LogP contribution in [-0.2, 0) is 0 Å². The molecular weight excluding hydrogens is 407 g/mol. The molecule has 0 saturated heterocycles. The van der Waals surface area contributed by atoms with E-state index in [0.717, 1.165) is 0 Å². The predicted molar refractivity (Wildman–Crippen MR) is 85.6 cm³/mol. The van der Waals surface area contributed by atoms with Crippen molar-refractivity contribution in [2.45, 2.75) is 29.6 Å². The molecule has 0 atom stereocenters. The standard InChI is InChI=1S/C4H12B2N2.6CH3.2Sn/c1-7(2)5-6-8(3)4;;;;;;;;/h1-4H3;6*1H3;;. The number of nitrogens with zero attached hydrogens (tertiary/aromatic N) is 2. The Balaban J connectivity index is -0.000000179. The molecule has 0 spiro atoms. The molecule has 0 saturated carbocycles. The second-order valence-corrected chi connectivity index (χ2v) is 22.3. The third-order valence-electron chi connectivity index (χ3n) is 0.663. The van der Waals surface area contributed by atoms with E-state index in [-0.39, 0.29) is 0 Å². The topological polar surface area (TPSA) is 6.48 Å². The molecular formula is C10H30B2N2Sn2. The van der Waals surface area contributed by atoms with Gasteiger partial charge in [-0.15, -0.1) is 0 Å². The zero-order chi connectivity index (χ0) is 13.7. The van der Waals surface area contributed by atoms with Gasteiger partial charge in [-0.1, -0.05) is 0 Å². The van der Waals surface area contributed by atoms with Gasteiger partial charge in [0.2, 0.25) is 0 Å². The normalized spacial score (nSPS) is 9.62. The Morgan fingerprint density at radius 1 is 0.562 bits per heavy atom. The summed E-state index contributed by atoms with van der Waals surface area (Å²) in [5, 5.41) is 0. The van der Waals surface area contributed by atoms with Crippen molar-refractivity contribution in [2.75, 3.05) is 28.2 Å². The fraction of sp³-hybridized carbons (Fsp3) is 1.00. The van der Waals surface area contributed by atoms with Gasteiger partial charge in [-0.05, 0) is 28.2 Å². The van der Waals surface area contributed by atoms with Gasteiger partial charge >= 0.3 is 69.2 Å². The summed E-state index contributed by atoms with van der Waals surface area (Å²) in [5.41, 5.74) is 0. The first-order chi connectivity index (χ1) is 7.09. The van der Waals surface area contributed by atoms with Crippen LogP contribution < -0.4 is 0 Å². The second-order valence-electron chi connectivity index (χ2n) is 5.23. The molecule has 0 aliphatic rings. The summed E-state index contributed by atoms with van der Waals surface area (Å²) >= 11 is -1.09. The van der Waals surface area contributed by atoms with Crippen molar-refractivity contribution in [1.82, 2.24) is 9.62 Å². The fourth-order valence-electron chi connectivity index (χ4n) is 0.267. The molecule has 6 heteroatoms. The number of hydrogen-bond acceptors (Lipinski definition) is 2.